The molecule has 1 aliphatic rings. The number of ether oxygens (including phenoxy) is 1. The maximum absolute atomic E-state index is 5.84. The molecule has 0 aliphatic carbocycles. The zero-order valence-corrected chi connectivity index (χ0v) is 8.05. The van der Waals surface area contributed by atoms with Gasteiger partial charge < -0.3 is 10.5 Å². The molecule has 0 radical (unpaired) electrons. The number of nitrogens with two attached hydrogens (primary N) is 1. The highest BCUT2D eigenvalue weighted by molar-refractivity contribution is 6.30. The minimum absolute atomic E-state index is 0.456. The summed E-state index contributed by atoms with van der Waals surface area (Å²) >= 11 is 5.84. The van der Waals surface area contributed by atoms with Crippen molar-refractivity contribution in [1.82, 2.24) is 0 Å². The molecule has 1 heterocycles. The molecule has 0 saturated carbocycles. The summed E-state index contributed by atoms with van der Waals surface area (Å²) in [6, 6.07) is 5.80. The first kappa shape index (κ1) is 8.85. The SMILES string of the molecule is NCCC1COc2cc(Cl)ccc21. The quantitative estimate of drug-likeness (QED) is 0.789. The fourth-order valence-electron chi connectivity index (χ4n) is 1.69. The summed E-state index contributed by atoms with van der Waals surface area (Å²) in [7, 11) is 0. The molecule has 1 unspecified atom stereocenters. The molecule has 2 N–H and O–H groups in total. The van der Waals surface area contributed by atoms with E-state index in [4.69, 9.17) is 22.1 Å². The van der Waals surface area contributed by atoms with Crippen LogP contribution >= 0.6 is 11.6 Å². The van der Waals surface area contributed by atoms with Gasteiger partial charge in [-0.3, -0.25) is 0 Å². The van der Waals surface area contributed by atoms with E-state index in [-0.39, 0.29) is 0 Å². The Kier molecular flexibility index (Phi) is 2.42. The van der Waals surface area contributed by atoms with Gasteiger partial charge in [0, 0.05) is 16.5 Å². The molecule has 0 aromatic heterocycles. The van der Waals surface area contributed by atoms with Crippen LogP contribution in [0.25, 0.3) is 0 Å². The van der Waals surface area contributed by atoms with Gasteiger partial charge in [0.2, 0.25) is 0 Å². The van der Waals surface area contributed by atoms with Crippen molar-refractivity contribution in [1.29, 1.82) is 0 Å². The highest BCUT2D eigenvalue weighted by Gasteiger charge is 2.23. The minimum atomic E-state index is 0.456. The van der Waals surface area contributed by atoms with Gasteiger partial charge in [-0.05, 0) is 25.1 Å². The molecule has 1 atom stereocenters. The lowest BCUT2D eigenvalue weighted by atomic mass is 9.98. The maximum atomic E-state index is 5.84. The lowest BCUT2D eigenvalue weighted by Gasteiger charge is -2.05. The average molecular weight is 198 g/mol. The van der Waals surface area contributed by atoms with Gasteiger partial charge in [0.15, 0.2) is 0 Å². The van der Waals surface area contributed by atoms with E-state index in [1.165, 1.54) is 5.56 Å². The second kappa shape index (κ2) is 3.56. The molecule has 1 aliphatic heterocycles. The first-order valence-electron chi connectivity index (χ1n) is 4.43. The van der Waals surface area contributed by atoms with Crippen molar-refractivity contribution >= 4 is 11.6 Å². The fourth-order valence-corrected chi connectivity index (χ4v) is 1.85. The van der Waals surface area contributed by atoms with Gasteiger partial charge in [-0.2, -0.15) is 0 Å². The third kappa shape index (κ3) is 1.64. The van der Waals surface area contributed by atoms with E-state index < -0.39 is 0 Å². The highest BCUT2D eigenvalue weighted by Crippen LogP contribution is 2.36. The molecule has 0 spiro atoms. The molecule has 2 rings (SSSR count). The van der Waals surface area contributed by atoms with Crippen LogP contribution in [0.15, 0.2) is 18.2 Å². The Hall–Kier alpha value is -0.730. The van der Waals surface area contributed by atoms with Crippen LogP contribution in [0.5, 0.6) is 5.75 Å². The molecule has 0 fully saturated rings. The summed E-state index contributed by atoms with van der Waals surface area (Å²) in [4.78, 5) is 0. The minimum Gasteiger partial charge on any atom is -0.493 e. The van der Waals surface area contributed by atoms with Gasteiger partial charge in [-0.25, -0.2) is 0 Å². The van der Waals surface area contributed by atoms with Crippen LogP contribution in [0, 0.1) is 0 Å². The summed E-state index contributed by atoms with van der Waals surface area (Å²) in [5, 5.41) is 0.729. The van der Waals surface area contributed by atoms with E-state index in [0.29, 0.717) is 12.5 Å². The van der Waals surface area contributed by atoms with Gasteiger partial charge in [-0.15, -0.1) is 0 Å². The molecular formula is C10H12ClNO. The van der Waals surface area contributed by atoms with Gasteiger partial charge >= 0.3 is 0 Å². The Morgan fingerprint density at radius 2 is 2.38 bits per heavy atom. The summed E-state index contributed by atoms with van der Waals surface area (Å²) in [5.74, 6) is 1.38. The van der Waals surface area contributed by atoms with E-state index in [1.807, 2.05) is 18.2 Å². The van der Waals surface area contributed by atoms with Crippen molar-refractivity contribution in [2.45, 2.75) is 12.3 Å². The summed E-state index contributed by atoms with van der Waals surface area (Å²) in [5.41, 5.74) is 6.76. The zero-order valence-electron chi connectivity index (χ0n) is 7.29. The monoisotopic (exact) mass is 197 g/mol. The highest BCUT2D eigenvalue weighted by atomic mass is 35.5. The first-order chi connectivity index (χ1) is 6.31. The molecule has 1 aromatic carbocycles. The first-order valence-corrected chi connectivity index (χ1v) is 4.81. The molecule has 70 valence electrons. The smallest absolute Gasteiger partial charge is 0.124 e. The normalized spacial score (nSPS) is 19.7. The lowest BCUT2D eigenvalue weighted by molar-refractivity contribution is 0.326. The third-order valence-corrected chi connectivity index (χ3v) is 2.61. The predicted molar refractivity (Wildman–Crippen MR) is 53.4 cm³/mol. The number of rotatable bonds is 2. The largest absolute Gasteiger partial charge is 0.493 e. The Balaban J connectivity index is 2.27. The van der Waals surface area contributed by atoms with Crippen molar-refractivity contribution in [3.05, 3.63) is 28.8 Å². The van der Waals surface area contributed by atoms with E-state index in [1.54, 1.807) is 0 Å². The second-order valence-electron chi connectivity index (χ2n) is 3.27. The summed E-state index contributed by atoms with van der Waals surface area (Å²) < 4.78 is 5.50. The Morgan fingerprint density at radius 1 is 1.54 bits per heavy atom. The van der Waals surface area contributed by atoms with Crippen LogP contribution in [0.3, 0.4) is 0 Å². The van der Waals surface area contributed by atoms with Crippen molar-refractivity contribution in [3.8, 4) is 5.75 Å². The molecule has 0 saturated heterocycles. The van der Waals surface area contributed by atoms with Crippen molar-refractivity contribution < 1.29 is 4.74 Å². The maximum Gasteiger partial charge on any atom is 0.124 e. The van der Waals surface area contributed by atoms with Gasteiger partial charge in [0.25, 0.3) is 0 Å². The number of hydrogen-bond acceptors (Lipinski definition) is 2. The topological polar surface area (TPSA) is 35.2 Å². The molecule has 1 aromatic rings. The fraction of sp³-hybridized carbons (Fsp3) is 0.400. The average Bonchev–Trinajstić information content (AvgIpc) is 2.49. The van der Waals surface area contributed by atoms with E-state index in [2.05, 4.69) is 0 Å². The standard InChI is InChI=1S/C10H12ClNO/c11-8-1-2-9-7(3-4-12)6-13-10(9)5-8/h1-2,5,7H,3-4,6,12H2. The Morgan fingerprint density at radius 3 is 3.15 bits per heavy atom. The number of hydrogen-bond donors (Lipinski definition) is 1. The Labute approximate surface area is 82.6 Å². The van der Waals surface area contributed by atoms with Gasteiger partial charge in [0.1, 0.15) is 5.75 Å². The predicted octanol–water partition coefficient (Wildman–Crippen LogP) is 2.16. The van der Waals surface area contributed by atoms with Crippen LogP contribution in [0.2, 0.25) is 5.02 Å². The van der Waals surface area contributed by atoms with Crippen molar-refractivity contribution in [2.75, 3.05) is 13.2 Å². The lowest BCUT2D eigenvalue weighted by Crippen LogP contribution is -2.08. The van der Waals surface area contributed by atoms with E-state index >= 15 is 0 Å². The van der Waals surface area contributed by atoms with Gasteiger partial charge in [0.05, 0.1) is 6.61 Å². The van der Waals surface area contributed by atoms with Crippen LogP contribution in [-0.2, 0) is 0 Å². The number of fused-ring (bicyclic) bond motifs is 1. The van der Waals surface area contributed by atoms with Crippen molar-refractivity contribution in [2.24, 2.45) is 5.73 Å². The van der Waals surface area contributed by atoms with Crippen LogP contribution in [0.1, 0.15) is 17.9 Å². The van der Waals surface area contributed by atoms with Crippen LogP contribution in [-0.4, -0.2) is 13.2 Å². The Bertz CT molecular complexity index is 314. The molecule has 13 heavy (non-hydrogen) atoms. The summed E-state index contributed by atoms with van der Waals surface area (Å²) in [6.07, 6.45) is 0.981. The van der Waals surface area contributed by atoms with E-state index in [0.717, 1.165) is 23.8 Å². The summed E-state index contributed by atoms with van der Waals surface area (Å²) in [6.45, 7) is 1.45. The van der Waals surface area contributed by atoms with E-state index in [9.17, 15) is 0 Å². The van der Waals surface area contributed by atoms with Crippen LogP contribution < -0.4 is 10.5 Å². The van der Waals surface area contributed by atoms with Crippen LogP contribution in [0.4, 0.5) is 0 Å². The molecule has 3 heteroatoms. The second-order valence-corrected chi connectivity index (χ2v) is 3.70. The molecule has 2 nitrogen and oxygen atoms in total. The number of halogens is 1. The van der Waals surface area contributed by atoms with Gasteiger partial charge in [-0.1, -0.05) is 17.7 Å². The molecule has 0 amide bonds. The molecule has 0 bridgehead atoms. The van der Waals surface area contributed by atoms with Crippen molar-refractivity contribution in [3.63, 3.8) is 0 Å². The third-order valence-electron chi connectivity index (χ3n) is 2.37. The molecular weight excluding hydrogens is 186 g/mol. The number of benzene rings is 1. The zero-order chi connectivity index (χ0) is 9.26.